The van der Waals surface area contributed by atoms with Gasteiger partial charge in [0.05, 0.1) is 5.52 Å². The molecule has 13 heavy (non-hydrogen) atoms. The van der Waals surface area contributed by atoms with Crippen molar-refractivity contribution in [2.24, 2.45) is 0 Å². The van der Waals surface area contributed by atoms with E-state index in [1.807, 2.05) is 12.1 Å². The number of nitrogens with one attached hydrogen (secondary N) is 1. The van der Waals surface area contributed by atoms with Gasteiger partial charge in [-0.15, -0.1) is 10.1 Å². The van der Waals surface area contributed by atoms with E-state index in [4.69, 9.17) is 0 Å². The van der Waals surface area contributed by atoms with Gasteiger partial charge in [-0.2, -0.15) is 0 Å². The van der Waals surface area contributed by atoms with Crippen molar-refractivity contribution in [3.05, 3.63) is 40.6 Å². The average Bonchev–Trinajstić information content (AvgIpc) is 2.51. The maximum Gasteiger partial charge on any atom is 0.299 e. The zero-order valence-electron chi connectivity index (χ0n) is 6.56. The molecule has 0 unspecified atom stereocenters. The summed E-state index contributed by atoms with van der Waals surface area (Å²) < 4.78 is 0. The fourth-order valence-electron chi connectivity index (χ4n) is 1.21. The molecule has 2 rings (SSSR count). The van der Waals surface area contributed by atoms with Gasteiger partial charge in [0, 0.05) is 11.6 Å². The first kappa shape index (κ1) is 7.60. The monoisotopic (exact) mass is 178 g/mol. The summed E-state index contributed by atoms with van der Waals surface area (Å²) in [7, 11) is 0. The summed E-state index contributed by atoms with van der Waals surface area (Å²) in [6, 6.07) is 6.91. The Kier molecular flexibility index (Phi) is 1.63. The summed E-state index contributed by atoms with van der Waals surface area (Å²) in [5, 5.41) is 10.2. The first-order chi connectivity index (χ1) is 6.27. The molecule has 0 atom stereocenters. The van der Waals surface area contributed by atoms with Crippen molar-refractivity contribution in [2.45, 2.75) is 0 Å². The van der Waals surface area contributed by atoms with E-state index < -0.39 is 5.09 Å². The molecule has 0 saturated carbocycles. The minimum absolute atomic E-state index is 0.229. The molecule has 5 nitrogen and oxygen atoms in total. The number of hydrogen-bond acceptors (Lipinski definition) is 3. The number of H-pyrrole nitrogens is 1. The number of para-hydroxylation sites is 1. The van der Waals surface area contributed by atoms with Crippen LogP contribution in [-0.4, -0.2) is 10.1 Å². The number of fused-ring (bicyclic) bond motifs is 1. The van der Waals surface area contributed by atoms with Gasteiger partial charge < -0.3 is 4.98 Å². The Balaban J connectivity index is 2.54. The van der Waals surface area contributed by atoms with E-state index in [1.165, 1.54) is 0 Å². The van der Waals surface area contributed by atoms with Gasteiger partial charge in [0.1, 0.15) is 5.75 Å². The normalized spacial score (nSPS) is 10.2. The predicted molar refractivity (Wildman–Crippen MR) is 45.9 cm³/mol. The molecule has 0 fully saturated rings. The number of hydrogen-bond donors (Lipinski definition) is 1. The van der Waals surface area contributed by atoms with E-state index in [9.17, 15) is 10.1 Å². The van der Waals surface area contributed by atoms with Gasteiger partial charge in [-0.1, -0.05) is 12.1 Å². The third-order valence-electron chi connectivity index (χ3n) is 1.72. The lowest BCUT2D eigenvalue weighted by molar-refractivity contribution is -0.710. The van der Waals surface area contributed by atoms with E-state index in [0.717, 1.165) is 5.39 Å². The summed E-state index contributed by atoms with van der Waals surface area (Å²) in [5.74, 6) is 0.229. The minimum atomic E-state index is -0.824. The van der Waals surface area contributed by atoms with Gasteiger partial charge in [-0.25, -0.2) is 0 Å². The van der Waals surface area contributed by atoms with Crippen molar-refractivity contribution in [3.8, 4) is 5.75 Å². The Bertz CT molecular complexity index is 449. The zero-order valence-corrected chi connectivity index (χ0v) is 6.56. The standard InChI is InChI=1S/C8H6N2O3/c11-10(12)13-7-3-1-2-6-4-5-9-8(6)7/h1-5,9H. The van der Waals surface area contributed by atoms with Crippen molar-refractivity contribution >= 4 is 10.9 Å². The number of aromatic nitrogens is 1. The molecule has 0 amide bonds. The molecule has 1 aromatic heterocycles. The molecule has 0 aliphatic heterocycles. The van der Waals surface area contributed by atoms with Crippen LogP contribution in [0.15, 0.2) is 30.5 Å². The molecule has 0 spiro atoms. The largest absolute Gasteiger partial charge is 0.359 e. The van der Waals surface area contributed by atoms with Gasteiger partial charge in [0.25, 0.3) is 5.09 Å². The maximum absolute atomic E-state index is 10.1. The van der Waals surface area contributed by atoms with Crippen molar-refractivity contribution in [1.29, 1.82) is 0 Å². The highest BCUT2D eigenvalue weighted by Gasteiger charge is 2.04. The Hall–Kier alpha value is -2.04. The van der Waals surface area contributed by atoms with Crippen LogP contribution in [0.2, 0.25) is 0 Å². The fourth-order valence-corrected chi connectivity index (χ4v) is 1.21. The molecular weight excluding hydrogens is 172 g/mol. The second-order valence-corrected chi connectivity index (χ2v) is 2.51. The third kappa shape index (κ3) is 1.31. The molecule has 5 heteroatoms. The summed E-state index contributed by atoms with van der Waals surface area (Å²) in [6.07, 6.45) is 1.71. The van der Waals surface area contributed by atoms with Crippen LogP contribution < -0.4 is 4.84 Å². The lowest BCUT2D eigenvalue weighted by Gasteiger charge is -1.98. The lowest BCUT2D eigenvalue weighted by atomic mass is 10.2. The smallest absolute Gasteiger partial charge is 0.299 e. The number of aromatic amines is 1. The van der Waals surface area contributed by atoms with Crippen LogP contribution in [0.1, 0.15) is 0 Å². The molecule has 0 radical (unpaired) electrons. The van der Waals surface area contributed by atoms with Crippen LogP contribution in [0.5, 0.6) is 5.75 Å². The number of nitrogens with zero attached hydrogens (tertiary/aromatic N) is 1. The Morgan fingerprint density at radius 2 is 2.23 bits per heavy atom. The molecule has 1 N–H and O–H groups in total. The summed E-state index contributed by atoms with van der Waals surface area (Å²) in [6.45, 7) is 0. The van der Waals surface area contributed by atoms with Crippen LogP contribution in [-0.2, 0) is 0 Å². The lowest BCUT2D eigenvalue weighted by Crippen LogP contribution is -2.03. The molecule has 0 bridgehead atoms. The van der Waals surface area contributed by atoms with E-state index in [1.54, 1.807) is 18.3 Å². The summed E-state index contributed by atoms with van der Waals surface area (Å²) in [5.41, 5.74) is 0.638. The van der Waals surface area contributed by atoms with E-state index in [-0.39, 0.29) is 5.75 Å². The topological polar surface area (TPSA) is 68.2 Å². The van der Waals surface area contributed by atoms with Crippen molar-refractivity contribution in [3.63, 3.8) is 0 Å². The second kappa shape index (κ2) is 2.78. The van der Waals surface area contributed by atoms with Crippen LogP contribution >= 0.6 is 0 Å². The van der Waals surface area contributed by atoms with Crippen molar-refractivity contribution < 1.29 is 9.92 Å². The second-order valence-electron chi connectivity index (χ2n) is 2.51. The Morgan fingerprint density at radius 1 is 1.38 bits per heavy atom. The maximum atomic E-state index is 10.1. The molecule has 0 aliphatic carbocycles. The molecule has 0 aliphatic rings. The summed E-state index contributed by atoms with van der Waals surface area (Å²) >= 11 is 0. The molecule has 0 saturated heterocycles. The third-order valence-corrected chi connectivity index (χ3v) is 1.72. The Morgan fingerprint density at radius 3 is 3.00 bits per heavy atom. The van der Waals surface area contributed by atoms with E-state index in [0.29, 0.717) is 5.52 Å². The first-order valence-electron chi connectivity index (χ1n) is 3.66. The van der Waals surface area contributed by atoms with Gasteiger partial charge in [-0.3, -0.25) is 4.84 Å². The van der Waals surface area contributed by atoms with Crippen molar-refractivity contribution in [2.75, 3.05) is 0 Å². The van der Waals surface area contributed by atoms with Crippen LogP contribution in [0.3, 0.4) is 0 Å². The van der Waals surface area contributed by atoms with E-state index in [2.05, 4.69) is 9.82 Å². The highest BCUT2D eigenvalue weighted by Crippen LogP contribution is 2.23. The van der Waals surface area contributed by atoms with Crippen molar-refractivity contribution in [1.82, 2.24) is 4.98 Å². The molecule has 66 valence electrons. The van der Waals surface area contributed by atoms with E-state index >= 15 is 0 Å². The molecular formula is C8H6N2O3. The average molecular weight is 178 g/mol. The van der Waals surface area contributed by atoms with Gasteiger partial charge >= 0.3 is 0 Å². The van der Waals surface area contributed by atoms with Crippen LogP contribution in [0, 0.1) is 10.1 Å². The zero-order chi connectivity index (χ0) is 9.26. The van der Waals surface area contributed by atoms with Crippen LogP contribution in [0.4, 0.5) is 0 Å². The van der Waals surface area contributed by atoms with Gasteiger partial charge in [0.2, 0.25) is 0 Å². The van der Waals surface area contributed by atoms with Gasteiger partial charge in [0.15, 0.2) is 0 Å². The molecule has 1 heterocycles. The first-order valence-corrected chi connectivity index (χ1v) is 3.66. The van der Waals surface area contributed by atoms with Crippen LogP contribution in [0.25, 0.3) is 10.9 Å². The Labute approximate surface area is 73.0 Å². The highest BCUT2D eigenvalue weighted by atomic mass is 17.0. The van der Waals surface area contributed by atoms with Gasteiger partial charge in [-0.05, 0) is 12.1 Å². The SMILES string of the molecule is O=[N+]([O-])Oc1cccc2cc[nH]c12. The molecule has 2 aromatic rings. The summed E-state index contributed by atoms with van der Waals surface area (Å²) in [4.78, 5) is 17.3. The number of rotatable bonds is 2. The predicted octanol–water partition coefficient (Wildman–Crippen LogP) is 1.74. The highest BCUT2D eigenvalue weighted by molar-refractivity contribution is 5.84. The fraction of sp³-hybridized carbons (Fsp3) is 0. The number of benzene rings is 1. The quantitative estimate of drug-likeness (QED) is 0.562. The molecule has 1 aromatic carbocycles. The minimum Gasteiger partial charge on any atom is -0.359 e.